The number of hydrogen-bond acceptors (Lipinski definition) is 3. The van der Waals surface area contributed by atoms with Crippen molar-refractivity contribution < 1.29 is 4.74 Å². The van der Waals surface area contributed by atoms with Crippen molar-refractivity contribution in [2.45, 2.75) is 39.7 Å². The third kappa shape index (κ3) is 4.60. The van der Waals surface area contributed by atoms with Crippen LogP contribution in [0.1, 0.15) is 32.8 Å². The van der Waals surface area contributed by atoms with Crippen molar-refractivity contribution in [3.63, 3.8) is 0 Å². The van der Waals surface area contributed by atoms with E-state index in [1.807, 2.05) is 18.2 Å². The van der Waals surface area contributed by atoms with Crippen LogP contribution in [0.3, 0.4) is 0 Å². The third-order valence-electron chi connectivity index (χ3n) is 3.97. The third-order valence-corrected chi connectivity index (χ3v) is 4.20. The summed E-state index contributed by atoms with van der Waals surface area (Å²) in [7, 11) is 0. The summed E-state index contributed by atoms with van der Waals surface area (Å²) in [6, 6.07) is 5.89. The molecule has 0 amide bonds. The molecule has 1 atom stereocenters. The van der Waals surface area contributed by atoms with E-state index < -0.39 is 0 Å². The molecule has 1 aliphatic rings. The summed E-state index contributed by atoms with van der Waals surface area (Å²) >= 11 is 6.05. The Balaban J connectivity index is 1.96. The second kappa shape index (κ2) is 6.99. The van der Waals surface area contributed by atoms with E-state index in [-0.39, 0.29) is 11.5 Å². The van der Waals surface area contributed by atoms with Gasteiger partial charge in [0.1, 0.15) is 11.9 Å². The van der Waals surface area contributed by atoms with Crippen molar-refractivity contribution in [3.8, 4) is 5.75 Å². The zero-order chi connectivity index (χ0) is 15.5. The fraction of sp³-hybridized carbons (Fsp3) is 0.647. The molecule has 0 radical (unpaired) electrons. The highest BCUT2D eigenvalue weighted by Crippen LogP contribution is 2.31. The van der Waals surface area contributed by atoms with Gasteiger partial charge in [-0.2, -0.15) is 0 Å². The number of nitrogens with zero attached hydrogens (tertiary/aromatic N) is 1. The summed E-state index contributed by atoms with van der Waals surface area (Å²) < 4.78 is 6.06. The van der Waals surface area contributed by atoms with Crippen LogP contribution in [0.25, 0.3) is 0 Å². The molecule has 21 heavy (non-hydrogen) atoms. The fourth-order valence-corrected chi connectivity index (χ4v) is 3.09. The maximum atomic E-state index is 6.06. The molecule has 2 N–H and O–H groups in total. The molecule has 0 aromatic heterocycles. The van der Waals surface area contributed by atoms with Crippen LogP contribution < -0.4 is 10.5 Å². The summed E-state index contributed by atoms with van der Waals surface area (Å²) in [5, 5.41) is 0.785. The second-order valence-electron chi connectivity index (χ2n) is 6.80. The van der Waals surface area contributed by atoms with Crippen molar-refractivity contribution in [3.05, 3.63) is 28.8 Å². The van der Waals surface area contributed by atoms with E-state index in [9.17, 15) is 0 Å². The highest BCUT2D eigenvalue weighted by Gasteiger charge is 2.27. The lowest BCUT2D eigenvalue weighted by Gasteiger charge is -2.33. The molecule has 1 aromatic rings. The number of rotatable bonds is 7. The molecule has 4 heteroatoms. The minimum Gasteiger partial charge on any atom is -0.488 e. The molecule has 3 nitrogen and oxygen atoms in total. The largest absolute Gasteiger partial charge is 0.488 e. The molecule has 0 fully saturated rings. The topological polar surface area (TPSA) is 38.5 Å². The Morgan fingerprint density at radius 3 is 2.86 bits per heavy atom. The van der Waals surface area contributed by atoms with Crippen LogP contribution in [-0.4, -0.2) is 37.2 Å². The van der Waals surface area contributed by atoms with Gasteiger partial charge in [-0.15, -0.1) is 0 Å². The van der Waals surface area contributed by atoms with Crippen molar-refractivity contribution in [2.75, 3.05) is 26.2 Å². The molecule has 0 saturated carbocycles. The maximum absolute atomic E-state index is 6.06. The minimum atomic E-state index is 0.143. The first-order valence-corrected chi connectivity index (χ1v) is 8.19. The molecule has 0 bridgehead atoms. The highest BCUT2D eigenvalue weighted by atomic mass is 35.5. The summed E-state index contributed by atoms with van der Waals surface area (Å²) in [5.41, 5.74) is 7.24. The van der Waals surface area contributed by atoms with Gasteiger partial charge in [0.2, 0.25) is 0 Å². The van der Waals surface area contributed by atoms with E-state index in [1.165, 1.54) is 5.56 Å². The van der Waals surface area contributed by atoms with Crippen molar-refractivity contribution in [1.29, 1.82) is 0 Å². The van der Waals surface area contributed by atoms with Crippen LogP contribution in [0.5, 0.6) is 5.75 Å². The number of benzene rings is 1. The lowest BCUT2D eigenvalue weighted by atomic mass is 9.93. The van der Waals surface area contributed by atoms with Crippen LogP contribution in [0, 0.1) is 5.41 Å². The molecule has 2 rings (SSSR count). The first-order valence-electron chi connectivity index (χ1n) is 7.81. The molecule has 0 aliphatic carbocycles. The number of hydrogen-bond donors (Lipinski definition) is 1. The summed E-state index contributed by atoms with van der Waals surface area (Å²) in [5.74, 6) is 0.985. The van der Waals surface area contributed by atoms with E-state index in [1.54, 1.807) is 0 Å². The van der Waals surface area contributed by atoms with Crippen LogP contribution in [0.15, 0.2) is 18.2 Å². The van der Waals surface area contributed by atoms with E-state index >= 15 is 0 Å². The second-order valence-corrected chi connectivity index (χ2v) is 7.24. The first kappa shape index (κ1) is 16.6. The summed E-state index contributed by atoms with van der Waals surface area (Å²) in [6.07, 6.45) is 2.31. The highest BCUT2D eigenvalue weighted by molar-refractivity contribution is 6.30. The molecule has 118 valence electrons. The molecule has 1 unspecified atom stereocenters. The predicted octanol–water partition coefficient (Wildman–Crippen LogP) is 3.34. The first-order chi connectivity index (χ1) is 9.93. The molecule has 1 aromatic carbocycles. The van der Waals surface area contributed by atoms with Crippen molar-refractivity contribution in [1.82, 2.24) is 4.90 Å². The quantitative estimate of drug-likeness (QED) is 0.839. The molecule has 0 saturated heterocycles. The Hall–Kier alpha value is -0.770. The zero-order valence-electron chi connectivity index (χ0n) is 13.4. The monoisotopic (exact) mass is 310 g/mol. The van der Waals surface area contributed by atoms with Gasteiger partial charge >= 0.3 is 0 Å². The Labute approximate surface area is 133 Å². The van der Waals surface area contributed by atoms with Gasteiger partial charge in [0, 0.05) is 24.5 Å². The van der Waals surface area contributed by atoms with E-state index in [0.717, 1.165) is 43.2 Å². The normalized spacial score (nSPS) is 17.9. The van der Waals surface area contributed by atoms with Gasteiger partial charge in [-0.05, 0) is 48.7 Å². The lowest BCUT2D eigenvalue weighted by molar-refractivity contribution is 0.117. The smallest absolute Gasteiger partial charge is 0.123 e. The van der Waals surface area contributed by atoms with Gasteiger partial charge in [0.15, 0.2) is 0 Å². The SMILES string of the molecule is CCCN(CC1Cc2cc(Cl)ccc2O1)CC(C)(C)CN. The van der Waals surface area contributed by atoms with Crippen molar-refractivity contribution >= 4 is 11.6 Å². The van der Waals surface area contributed by atoms with E-state index in [2.05, 4.69) is 25.7 Å². The fourth-order valence-electron chi connectivity index (χ4n) is 2.90. The number of nitrogens with two attached hydrogens (primary N) is 1. The molecule has 1 aliphatic heterocycles. The van der Waals surface area contributed by atoms with Gasteiger partial charge in [0.05, 0.1) is 0 Å². The van der Waals surface area contributed by atoms with Crippen LogP contribution in [-0.2, 0) is 6.42 Å². The Kier molecular flexibility index (Phi) is 5.53. The Bertz CT molecular complexity index is 476. The van der Waals surface area contributed by atoms with Crippen LogP contribution in [0.2, 0.25) is 5.02 Å². The predicted molar refractivity (Wildman–Crippen MR) is 89.1 cm³/mol. The van der Waals surface area contributed by atoms with Gasteiger partial charge in [-0.3, -0.25) is 4.90 Å². The summed E-state index contributed by atoms with van der Waals surface area (Å²) in [4.78, 5) is 2.48. The average molecular weight is 311 g/mol. The molecule has 0 spiro atoms. The van der Waals surface area contributed by atoms with Gasteiger partial charge in [-0.25, -0.2) is 0 Å². The van der Waals surface area contributed by atoms with Crippen LogP contribution in [0.4, 0.5) is 0 Å². The van der Waals surface area contributed by atoms with E-state index in [0.29, 0.717) is 6.54 Å². The average Bonchev–Trinajstić information content (AvgIpc) is 2.79. The van der Waals surface area contributed by atoms with Crippen LogP contribution >= 0.6 is 11.6 Å². The maximum Gasteiger partial charge on any atom is 0.123 e. The van der Waals surface area contributed by atoms with Gasteiger partial charge in [0.25, 0.3) is 0 Å². The van der Waals surface area contributed by atoms with Crippen molar-refractivity contribution in [2.24, 2.45) is 11.1 Å². The molecular weight excluding hydrogens is 284 g/mol. The minimum absolute atomic E-state index is 0.143. The molecular formula is C17H27ClN2O. The van der Waals surface area contributed by atoms with Gasteiger partial charge in [-0.1, -0.05) is 32.4 Å². The standard InChI is InChI=1S/C17H27ClN2O/c1-4-7-20(12-17(2,3)11-19)10-15-9-13-8-14(18)5-6-16(13)21-15/h5-6,8,15H,4,7,9-12,19H2,1-3H3. The number of halogens is 1. The Morgan fingerprint density at radius 1 is 1.43 bits per heavy atom. The molecule has 1 heterocycles. The number of fused-ring (bicyclic) bond motifs is 1. The summed E-state index contributed by atoms with van der Waals surface area (Å²) in [6.45, 7) is 10.4. The zero-order valence-corrected chi connectivity index (χ0v) is 14.1. The number of ether oxygens (including phenoxy) is 1. The van der Waals surface area contributed by atoms with E-state index in [4.69, 9.17) is 22.1 Å². The lowest BCUT2D eigenvalue weighted by Crippen LogP contribution is -2.43. The Morgan fingerprint density at radius 2 is 2.19 bits per heavy atom. The van der Waals surface area contributed by atoms with Gasteiger partial charge < -0.3 is 10.5 Å².